The lowest BCUT2D eigenvalue weighted by Gasteiger charge is -2.04. The van der Waals surface area contributed by atoms with Crippen LogP contribution in [0.4, 0.5) is 4.39 Å². The van der Waals surface area contributed by atoms with Crippen LogP contribution in [0.1, 0.15) is 12.8 Å². The molecule has 0 spiro atoms. The summed E-state index contributed by atoms with van der Waals surface area (Å²) in [6.45, 7) is 2.36. The zero-order valence-electron chi connectivity index (χ0n) is 9.31. The highest BCUT2D eigenvalue weighted by molar-refractivity contribution is 5.56. The number of rotatable bonds is 4. The van der Waals surface area contributed by atoms with E-state index in [4.69, 9.17) is 15.0 Å². The number of halogens is 1. The van der Waals surface area contributed by atoms with Gasteiger partial charge >= 0.3 is 0 Å². The minimum atomic E-state index is -0.455. The smallest absolute Gasteiger partial charge is 0.240 e. The van der Waals surface area contributed by atoms with Gasteiger partial charge in [-0.25, -0.2) is 4.39 Å². The Morgan fingerprint density at radius 3 is 2.88 bits per heavy atom. The summed E-state index contributed by atoms with van der Waals surface area (Å²) in [5.41, 5.74) is 5.87. The normalized spacial score (nSPS) is 10.5. The summed E-state index contributed by atoms with van der Waals surface area (Å²) in [5.74, 6) is 0.379. The third kappa shape index (κ3) is 2.42. The van der Waals surface area contributed by atoms with E-state index in [-0.39, 0.29) is 12.3 Å². The van der Waals surface area contributed by atoms with Gasteiger partial charge in [0.25, 0.3) is 0 Å². The fraction of sp³-hybridized carbons (Fsp3) is 0.273. The van der Waals surface area contributed by atoms with Gasteiger partial charge in [0.1, 0.15) is 0 Å². The first-order valence-electron chi connectivity index (χ1n) is 5.20. The van der Waals surface area contributed by atoms with Gasteiger partial charge in [0, 0.05) is 5.56 Å². The molecule has 90 valence electrons. The Bertz CT molecular complexity index is 513. The Balaban J connectivity index is 2.30. The molecule has 0 saturated carbocycles. The number of hydrogen-bond acceptors (Lipinski definition) is 5. The van der Waals surface area contributed by atoms with Crippen LogP contribution in [0.5, 0.6) is 5.75 Å². The monoisotopic (exact) mass is 237 g/mol. The van der Waals surface area contributed by atoms with Crippen LogP contribution < -0.4 is 10.5 Å². The van der Waals surface area contributed by atoms with E-state index in [9.17, 15) is 4.39 Å². The van der Waals surface area contributed by atoms with Crippen molar-refractivity contribution in [2.75, 3.05) is 6.61 Å². The second-order valence-electron chi connectivity index (χ2n) is 3.29. The third-order valence-corrected chi connectivity index (χ3v) is 2.13. The summed E-state index contributed by atoms with van der Waals surface area (Å²) in [4.78, 5) is 4.01. The van der Waals surface area contributed by atoms with Crippen molar-refractivity contribution in [2.45, 2.75) is 13.5 Å². The molecule has 0 aliphatic heterocycles. The van der Waals surface area contributed by atoms with Crippen molar-refractivity contribution in [1.29, 1.82) is 0 Å². The standard InChI is InChI=1S/C11H12FN3O2/c1-2-16-9-4-3-7(5-8(9)12)11-14-10(6-13)17-15-11/h3-5H,2,6,13H2,1H3. The van der Waals surface area contributed by atoms with E-state index in [1.54, 1.807) is 13.0 Å². The summed E-state index contributed by atoms with van der Waals surface area (Å²) in [5, 5.41) is 3.70. The number of aromatic nitrogens is 2. The Morgan fingerprint density at radius 2 is 2.29 bits per heavy atom. The summed E-state index contributed by atoms with van der Waals surface area (Å²) in [6.07, 6.45) is 0. The van der Waals surface area contributed by atoms with Crippen molar-refractivity contribution >= 4 is 0 Å². The molecule has 1 aromatic heterocycles. The number of ether oxygens (including phenoxy) is 1. The molecule has 17 heavy (non-hydrogen) atoms. The van der Waals surface area contributed by atoms with Crippen LogP contribution in [0.15, 0.2) is 22.7 Å². The molecule has 0 amide bonds. The molecule has 1 aromatic carbocycles. The van der Waals surface area contributed by atoms with Gasteiger partial charge in [-0.15, -0.1) is 0 Å². The lowest BCUT2D eigenvalue weighted by molar-refractivity contribution is 0.321. The van der Waals surface area contributed by atoms with E-state index in [2.05, 4.69) is 10.1 Å². The van der Waals surface area contributed by atoms with Crippen molar-refractivity contribution in [3.63, 3.8) is 0 Å². The molecule has 0 saturated heterocycles. The van der Waals surface area contributed by atoms with E-state index in [0.29, 0.717) is 23.9 Å². The molecule has 6 heteroatoms. The zero-order chi connectivity index (χ0) is 12.3. The van der Waals surface area contributed by atoms with Crippen molar-refractivity contribution < 1.29 is 13.7 Å². The maximum absolute atomic E-state index is 13.6. The van der Waals surface area contributed by atoms with Crippen LogP contribution in [-0.4, -0.2) is 16.7 Å². The molecule has 0 unspecified atom stereocenters. The van der Waals surface area contributed by atoms with Crippen LogP contribution in [0.2, 0.25) is 0 Å². The quantitative estimate of drug-likeness (QED) is 0.876. The Morgan fingerprint density at radius 1 is 1.47 bits per heavy atom. The van der Waals surface area contributed by atoms with E-state index < -0.39 is 5.82 Å². The van der Waals surface area contributed by atoms with E-state index in [1.165, 1.54) is 12.1 Å². The second-order valence-corrected chi connectivity index (χ2v) is 3.29. The van der Waals surface area contributed by atoms with Crippen molar-refractivity contribution in [2.24, 2.45) is 5.73 Å². The van der Waals surface area contributed by atoms with E-state index in [1.807, 2.05) is 0 Å². The number of benzene rings is 1. The summed E-state index contributed by atoms with van der Waals surface area (Å²) >= 11 is 0. The van der Waals surface area contributed by atoms with Gasteiger partial charge < -0.3 is 15.0 Å². The van der Waals surface area contributed by atoms with Gasteiger partial charge in [0.05, 0.1) is 13.2 Å². The van der Waals surface area contributed by atoms with Crippen molar-refractivity contribution in [3.05, 3.63) is 29.9 Å². The summed E-state index contributed by atoms with van der Waals surface area (Å²) < 4.78 is 23.5. The van der Waals surface area contributed by atoms with Crippen LogP contribution in [0.3, 0.4) is 0 Å². The molecule has 0 fully saturated rings. The number of hydrogen-bond donors (Lipinski definition) is 1. The predicted molar refractivity (Wildman–Crippen MR) is 58.8 cm³/mol. The van der Waals surface area contributed by atoms with Crippen LogP contribution in [-0.2, 0) is 6.54 Å². The minimum absolute atomic E-state index is 0.159. The molecule has 0 radical (unpaired) electrons. The Labute approximate surface area is 97.4 Å². The highest BCUT2D eigenvalue weighted by atomic mass is 19.1. The zero-order valence-corrected chi connectivity index (χ0v) is 9.31. The largest absolute Gasteiger partial charge is 0.491 e. The third-order valence-electron chi connectivity index (χ3n) is 2.13. The summed E-state index contributed by atoms with van der Waals surface area (Å²) in [6, 6.07) is 4.50. The lowest BCUT2D eigenvalue weighted by atomic mass is 10.2. The molecule has 1 heterocycles. The van der Waals surface area contributed by atoms with Gasteiger partial charge in [-0.2, -0.15) is 4.98 Å². The van der Waals surface area contributed by atoms with Gasteiger partial charge in [-0.05, 0) is 25.1 Å². The molecule has 2 rings (SSSR count). The maximum atomic E-state index is 13.6. The van der Waals surface area contributed by atoms with E-state index in [0.717, 1.165) is 0 Å². The molecular formula is C11H12FN3O2. The molecule has 0 atom stereocenters. The van der Waals surface area contributed by atoms with Crippen LogP contribution >= 0.6 is 0 Å². The molecule has 2 aromatic rings. The molecule has 2 N–H and O–H groups in total. The molecule has 0 aliphatic carbocycles. The lowest BCUT2D eigenvalue weighted by Crippen LogP contribution is -1.96. The van der Waals surface area contributed by atoms with Crippen LogP contribution in [0.25, 0.3) is 11.4 Å². The second kappa shape index (κ2) is 4.92. The highest BCUT2D eigenvalue weighted by Gasteiger charge is 2.10. The van der Waals surface area contributed by atoms with Gasteiger partial charge in [-0.1, -0.05) is 5.16 Å². The molecular weight excluding hydrogens is 225 g/mol. The summed E-state index contributed by atoms with van der Waals surface area (Å²) in [7, 11) is 0. The Hall–Kier alpha value is -1.95. The first kappa shape index (κ1) is 11.5. The first-order chi connectivity index (χ1) is 8.24. The first-order valence-corrected chi connectivity index (χ1v) is 5.20. The Kier molecular flexibility index (Phi) is 3.34. The fourth-order valence-electron chi connectivity index (χ4n) is 1.37. The highest BCUT2D eigenvalue weighted by Crippen LogP contribution is 2.23. The van der Waals surface area contributed by atoms with Crippen LogP contribution in [0, 0.1) is 5.82 Å². The molecule has 0 aliphatic rings. The predicted octanol–water partition coefficient (Wildman–Crippen LogP) is 1.73. The fourth-order valence-corrected chi connectivity index (χ4v) is 1.37. The van der Waals surface area contributed by atoms with Crippen molar-refractivity contribution in [3.8, 4) is 17.1 Å². The van der Waals surface area contributed by atoms with Gasteiger partial charge in [-0.3, -0.25) is 0 Å². The maximum Gasteiger partial charge on any atom is 0.240 e. The average molecular weight is 237 g/mol. The van der Waals surface area contributed by atoms with Crippen molar-refractivity contribution in [1.82, 2.24) is 10.1 Å². The average Bonchev–Trinajstić information content (AvgIpc) is 2.80. The minimum Gasteiger partial charge on any atom is -0.491 e. The SMILES string of the molecule is CCOc1ccc(-c2noc(CN)n2)cc1F. The van der Waals surface area contributed by atoms with Gasteiger partial charge in [0.15, 0.2) is 11.6 Å². The number of nitrogens with two attached hydrogens (primary N) is 1. The molecule has 5 nitrogen and oxygen atoms in total. The van der Waals surface area contributed by atoms with Gasteiger partial charge in [0.2, 0.25) is 11.7 Å². The number of nitrogens with zero attached hydrogens (tertiary/aromatic N) is 2. The molecule has 0 bridgehead atoms. The van der Waals surface area contributed by atoms with E-state index >= 15 is 0 Å². The topological polar surface area (TPSA) is 74.2 Å².